The van der Waals surface area contributed by atoms with Crippen LogP contribution in [-0.4, -0.2) is 33.3 Å². The molecule has 0 bridgehead atoms. The fourth-order valence-electron chi connectivity index (χ4n) is 2.95. The molecule has 2 heterocycles. The highest BCUT2D eigenvalue weighted by molar-refractivity contribution is 5.82. The lowest BCUT2D eigenvalue weighted by Crippen LogP contribution is -2.43. The summed E-state index contributed by atoms with van der Waals surface area (Å²) >= 11 is 0. The molecule has 0 aromatic carbocycles. The molecule has 3 rings (SSSR count). The fourth-order valence-corrected chi connectivity index (χ4v) is 2.95. The standard InChI is InChI=1S/C19H22F2N4O3/c1-19(22,9-11-2-3-11)10-28-14-5-4-13(24-16(14)17(20)21)12-6-7-23-15(8-12)25-18(26)27/h4-8,11,17H,2-3,9-10,22H2,1H3,(H,23,25)(H,26,27)/t19-/m1/s1. The van der Waals surface area contributed by atoms with Crippen molar-refractivity contribution < 1.29 is 23.4 Å². The van der Waals surface area contributed by atoms with E-state index in [0.717, 1.165) is 19.3 Å². The summed E-state index contributed by atoms with van der Waals surface area (Å²) in [5.41, 5.74) is 5.84. The van der Waals surface area contributed by atoms with Gasteiger partial charge in [0.05, 0.1) is 5.69 Å². The van der Waals surface area contributed by atoms with Crippen LogP contribution in [0.15, 0.2) is 30.5 Å². The van der Waals surface area contributed by atoms with Gasteiger partial charge < -0.3 is 15.6 Å². The Hall–Kier alpha value is -2.81. The Labute approximate surface area is 160 Å². The van der Waals surface area contributed by atoms with Crippen molar-refractivity contribution in [2.75, 3.05) is 11.9 Å². The molecule has 9 heteroatoms. The highest BCUT2D eigenvalue weighted by Gasteiger charge is 2.31. The molecule has 150 valence electrons. The van der Waals surface area contributed by atoms with Gasteiger partial charge in [-0.1, -0.05) is 12.8 Å². The van der Waals surface area contributed by atoms with E-state index in [2.05, 4.69) is 15.3 Å². The Morgan fingerprint density at radius 1 is 1.43 bits per heavy atom. The van der Waals surface area contributed by atoms with Crippen LogP contribution in [0.5, 0.6) is 5.75 Å². The number of anilines is 1. The maximum absolute atomic E-state index is 13.5. The molecule has 2 aromatic heterocycles. The minimum atomic E-state index is -2.83. The van der Waals surface area contributed by atoms with Crippen molar-refractivity contribution in [3.8, 4) is 17.0 Å². The fraction of sp³-hybridized carbons (Fsp3) is 0.421. The van der Waals surface area contributed by atoms with Gasteiger partial charge in [-0.15, -0.1) is 0 Å². The van der Waals surface area contributed by atoms with Crippen LogP contribution in [-0.2, 0) is 0 Å². The zero-order valence-corrected chi connectivity index (χ0v) is 15.4. The normalized spacial score (nSPS) is 15.9. The number of ether oxygens (including phenoxy) is 1. The smallest absolute Gasteiger partial charge is 0.410 e. The third kappa shape index (κ3) is 5.35. The lowest BCUT2D eigenvalue weighted by atomic mass is 9.97. The van der Waals surface area contributed by atoms with Crippen molar-refractivity contribution in [2.24, 2.45) is 11.7 Å². The average Bonchev–Trinajstić information content (AvgIpc) is 3.43. The van der Waals surface area contributed by atoms with Gasteiger partial charge in [0.25, 0.3) is 6.43 Å². The van der Waals surface area contributed by atoms with Gasteiger partial charge in [-0.25, -0.2) is 23.5 Å². The Balaban J connectivity index is 1.80. The Morgan fingerprint density at radius 2 is 2.18 bits per heavy atom. The van der Waals surface area contributed by atoms with Gasteiger partial charge in [0.15, 0.2) is 0 Å². The number of alkyl halides is 2. The first-order valence-electron chi connectivity index (χ1n) is 8.91. The summed E-state index contributed by atoms with van der Waals surface area (Å²) in [4.78, 5) is 18.6. The molecule has 1 atom stereocenters. The number of amides is 1. The molecule has 1 saturated carbocycles. The van der Waals surface area contributed by atoms with Gasteiger partial charge in [0, 0.05) is 17.3 Å². The second-order valence-electron chi connectivity index (χ2n) is 7.33. The van der Waals surface area contributed by atoms with E-state index in [0.29, 0.717) is 11.5 Å². The van der Waals surface area contributed by atoms with Crippen molar-refractivity contribution in [1.29, 1.82) is 0 Å². The maximum atomic E-state index is 13.5. The van der Waals surface area contributed by atoms with Crippen LogP contribution < -0.4 is 15.8 Å². The third-order valence-electron chi connectivity index (χ3n) is 4.39. The number of carboxylic acid groups (broad SMARTS) is 1. The SMILES string of the molecule is C[C@](N)(COc1ccc(-c2ccnc(NC(=O)O)c2)nc1C(F)F)CC1CC1. The molecule has 1 fully saturated rings. The number of pyridine rings is 2. The van der Waals surface area contributed by atoms with Gasteiger partial charge in [-0.05, 0) is 43.5 Å². The summed E-state index contributed by atoms with van der Waals surface area (Å²) in [7, 11) is 0. The predicted molar refractivity (Wildman–Crippen MR) is 99.5 cm³/mol. The highest BCUT2D eigenvalue weighted by atomic mass is 19.3. The molecule has 28 heavy (non-hydrogen) atoms. The molecular formula is C19H22F2N4O3. The Bertz CT molecular complexity index is 857. The van der Waals surface area contributed by atoms with Gasteiger partial charge in [-0.3, -0.25) is 5.32 Å². The van der Waals surface area contributed by atoms with E-state index >= 15 is 0 Å². The molecular weight excluding hydrogens is 370 g/mol. The summed E-state index contributed by atoms with van der Waals surface area (Å²) in [6.45, 7) is 1.97. The minimum Gasteiger partial charge on any atom is -0.490 e. The molecule has 0 spiro atoms. The van der Waals surface area contributed by atoms with Crippen LogP contribution in [0.3, 0.4) is 0 Å². The quantitative estimate of drug-likeness (QED) is 0.625. The Morgan fingerprint density at radius 3 is 2.82 bits per heavy atom. The second-order valence-corrected chi connectivity index (χ2v) is 7.33. The number of hydrogen-bond donors (Lipinski definition) is 3. The largest absolute Gasteiger partial charge is 0.490 e. The van der Waals surface area contributed by atoms with Crippen molar-refractivity contribution in [1.82, 2.24) is 9.97 Å². The number of rotatable bonds is 8. The van der Waals surface area contributed by atoms with Gasteiger partial charge >= 0.3 is 6.09 Å². The van der Waals surface area contributed by atoms with Crippen LogP contribution >= 0.6 is 0 Å². The van der Waals surface area contributed by atoms with Gasteiger partial charge in [0.1, 0.15) is 23.9 Å². The molecule has 0 saturated heterocycles. The third-order valence-corrected chi connectivity index (χ3v) is 4.39. The van der Waals surface area contributed by atoms with Crippen molar-refractivity contribution in [2.45, 2.75) is 38.2 Å². The summed E-state index contributed by atoms with van der Waals surface area (Å²) in [6, 6.07) is 5.94. The van der Waals surface area contributed by atoms with E-state index in [1.807, 2.05) is 6.92 Å². The predicted octanol–water partition coefficient (Wildman–Crippen LogP) is 4.07. The number of nitrogens with two attached hydrogens (primary N) is 1. The first-order chi connectivity index (χ1) is 13.2. The highest BCUT2D eigenvalue weighted by Crippen LogP contribution is 2.37. The molecule has 4 N–H and O–H groups in total. The monoisotopic (exact) mass is 392 g/mol. The Kier molecular flexibility index (Phi) is 5.73. The number of carbonyl (C=O) groups is 1. The number of hydrogen-bond acceptors (Lipinski definition) is 5. The molecule has 1 amide bonds. The average molecular weight is 392 g/mol. The molecule has 2 aromatic rings. The van der Waals surface area contributed by atoms with E-state index < -0.39 is 23.8 Å². The van der Waals surface area contributed by atoms with Gasteiger partial charge in [-0.2, -0.15) is 0 Å². The topological polar surface area (TPSA) is 110 Å². The summed E-state index contributed by atoms with van der Waals surface area (Å²) in [6.07, 6.45) is 0.351. The molecule has 1 aliphatic carbocycles. The van der Waals surface area contributed by atoms with Crippen molar-refractivity contribution in [3.05, 3.63) is 36.2 Å². The first kappa shape index (κ1) is 19.9. The summed E-state index contributed by atoms with van der Waals surface area (Å²) in [5.74, 6) is 0.655. The number of nitrogens with zero attached hydrogens (tertiary/aromatic N) is 2. The first-order valence-corrected chi connectivity index (χ1v) is 8.91. The lowest BCUT2D eigenvalue weighted by Gasteiger charge is -2.25. The van der Waals surface area contributed by atoms with Crippen LogP contribution in [0, 0.1) is 5.92 Å². The van der Waals surface area contributed by atoms with Crippen LogP contribution in [0.25, 0.3) is 11.3 Å². The van der Waals surface area contributed by atoms with E-state index in [1.165, 1.54) is 24.4 Å². The van der Waals surface area contributed by atoms with Crippen molar-refractivity contribution >= 4 is 11.9 Å². The molecule has 0 unspecified atom stereocenters. The zero-order chi connectivity index (χ0) is 20.3. The second kappa shape index (κ2) is 8.05. The number of nitrogens with one attached hydrogen (secondary N) is 1. The lowest BCUT2D eigenvalue weighted by molar-refractivity contribution is 0.135. The zero-order valence-electron chi connectivity index (χ0n) is 15.4. The minimum absolute atomic E-state index is 0.0100. The number of halogens is 2. The summed E-state index contributed by atoms with van der Waals surface area (Å²) in [5, 5.41) is 10.9. The molecule has 7 nitrogen and oxygen atoms in total. The summed E-state index contributed by atoms with van der Waals surface area (Å²) < 4.78 is 32.7. The van der Waals surface area contributed by atoms with E-state index in [1.54, 1.807) is 6.07 Å². The molecule has 0 aliphatic heterocycles. The van der Waals surface area contributed by atoms with Crippen LogP contribution in [0.1, 0.15) is 38.3 Å². The van der Waals surface area contributed by atoms with Gasteiger partial charge in [0.2, 0.25) is 0 Å². The van der Waals surface area contributed by atoms with E-state index in [9.17, 15) is 13.6 Å². The molecule has 0 radical (unpaired) electrons. The molecule has 1 aliphatic rings. The van der Waals surface area contributed by atoms with Crippen LogP contribution in [0.2, 0.25) is 0 Å². The van der Waals surface area contributed by atoms with E-state index in [-0.39, 0.29) is 23.9 Å². The maximum Gasteiger partial charge on any atom is 0.410 e. The van der Waals surface area contributed by atoms with Crippen LogP contribution in [0.4, 0.5) is 19.4 Å². The van der Waals surface area contributed by atoms with Crippen molar-refractivity contribution in [3.63, 3.8) is 0 Å². The van der Waals surface area contributed by atoms with E-state index in [4.69, 9.17) is 15.6 Å². The number of aromatic nitrogens is 2.